The highest BCUT2D eigenvalue weighted by Gasteiger charge is 2.29. The predicted octanol–water partition coefficient (Wildman–Crippen LogP) is 18.0. The minimum Gasteiger partial charge on any atom is -0.457 e. The summed E-state index contributed by atoms with van der Waals surface area (Å²) in [6.07, 6.45) is 13.4. The van der Waals surface area contributed by atoms with Crippen LogP contribution in [0.2, 0.25) is 0 Å². The van der Waals surface area contributed by atoms with Gasteiger partial charge in [-0.25, -0.2) is 0 Å². The van der Waals surface area contributed by atoms with Crippen molar-refractivity contribution < 1.29 is 14.3 Å². The number of ketones is 2. The van der Waals surface area contributed by atoms with E-state index in [0.29, 0.717) is 34.2 Å². The summed E-state index contributed by atoms with van der Waals surface area (Å²) in [6, 6.07) is 53.0. The van der Waals surface area contributed by atoms with Crippen LogP contribution in [0.25, 0.3) is 28.3 Å². The van der Waals surface area contributed by atoms with E-state index in [1.54, 1.807) is 0 Å². The van der Waals surface area contributed by atoms with Gasteiger partial charge in [-0.1, -0.05) is 167 Å². The van der Waals surface area contributed by atoms with Crippen molar-refractivity contribution in [3.63, 3.8) is 0 Å². The van der Waals surface area contributed by atoms with E-state index in [9.17, 15) is 4.79 Å². The minimum absolute atomic E-state index is 0.0417. The fourth-order valence-corrected chi connectivity index (χ4v) is 9.29. The normalized spacial score (nSPS) is 13.4. The number of anilines is 5. The molecule has 10 rings (SSSR count). The fourth-order valence-electron chi connectivity index (χ4n) is 9.29. The Balaban J connectivity index is 0.00000161. The summed E-state index contributed by atoms with van der Waals surface area (Å²) < 4.78 is 6.39. The quantitative estimate of drug-likeness (QED) is 0.121. The van der Waals surface area contributed by atoms with E-state index in [0.717, 1.165) is 98.3 Å². The van der Waals surface area contributed by atoms with E-state index in [-0.39, 0.29) is 11.6 Å². The molecular weight excluding hydrogens is 857 g/mol. The Labute approximate surface area is 415 Å². The van der Waals surface area contributed by atoms with Gasteiger partial charge in [-0.15, -0.1) is 0 Å². The molecule has 7 aromatic carbocycles. The molecule has 0 radical (unpaired) electrons. The van der Waals surface area contributed by atoms with Gasteiger partial charge >= 0.3 is 0 Å². The maximum absolute atomic E-state index is 15.0. The van der Waals surface area contributed by atoms with E-state index >= 15 is 4.79 Å². The van der Waals surface area contributed by atoms with Gasteiger partial charge in [0.25, 0.3) is 0 Å². The first-order valence-electron chi connectivity index (χ1n) is 24.7. The van der Waals surface area contributed by atoms with Crippen molar-refractivity contribution in [2.75, 3.05) is 9.80 Å². The average molecular weight is 919 g/mol. The van der Waals surface area contributed by atoms with Crippen molar-refractivity contribution in [1.29, 1.82) is 0 Å². The molecule has 0 unspecified atom stereocenters. The molecule has 7 aromatic rings. The summed E-state index contributed by atoms with van der Waals surface area (Å²) in [6.45, 7) is 18.4. The Morgan fingerprint density at radius 3 is 1.90 bits per heavy atom. The van der Waals surface area contributed by atoms with Crippen LogP contribution in [0.3, 0.4) is 0 Å². The van der Waals surface area contributed by atoms with E-state index in [1.807, 2.05) is 120 Å². The Bertz CT molecular complexity index is 3180. The van der Waals surface area contributed by atoms with Crippen LogP contribution in [0.5, 0.6) is 5.75 Å². The van der Waals surface area contributed by atoms with Crippen LogP contribution in [-0.2, 0) is 0 Å². The third-order valence-electron chi connectivity index (χ3n) is 12.9. The molecule has 1 aliphatic heterocycles. The second kappa shape index (κ2) is 21.9. The van der Waals surface area contributed by atoms with Crippen molar-refractivity contribution in [3.05, 3.63) is 245 Å². The lowest BCUT2D eigenvalue weighted by Crippen LogP contribution is -2.24. The lowest BCUT2D eigenvalue weighted by Gasteiger charge is -2.35. The van der Waals surface area contributed by atoms with Gasteiger partial charge in [-0.2, -0.15) is 0 Å². The van der Waals surface area contributed by atoms with Gasteiger partial charge in [-0.05, 0) is 140 Å². The van der Waals surface area contributed by atoms with E-state index in [2.05, 4.69) is 133 Å². The topological polar surface area (TPSA) is 49.9 Å². The third kappa shape index (κ3) is 9.79. The molecule has 0 spiro atoms. The number of carbonyl (C=O) groups is 2. The Morgan fingerprint density at radius 1 is 0.629 bits per heavy atom. The molecule has 0 fully saturated rings. The first-order chi connectivity index (χ1) is 34.2. The molecule has 0 saturated heterocycles. The van der Waals surface area contributed by atoms with Crippen molar-refractivity contribution in [2.45, 2.75) is 74.1 Å². The molecule has 0 atom stereocenters. The van der Waals surface area contributed by atoms with Crippen molar-refractivity contribution in [2.24, 2.45) is 0 Å². The zero-order valence-electron chi connectivity index (χ0n) is 41.6. The number of para-hydroxylation sites is 4. The molecule has 350 valence electrons. The van der Waals surface area contributed by atoms with Crippen LogP contribution >= 0.6 is 0 Å². The van der Waals surface area contributed by atoms with Crippen molar-refractivity contribution in [3.8, 4) is 28.0 Å². The molecule has 5 heteroatoms. The summed E-state index contributed by atoms with van der Waals surface area (Å²) in [5.41, 5.74) is 15.9. The van der Waals surface area contributed by atoms with Gasteiger partial charge in [0.05, 0.1) is 17.1 Å². The lowest BCUT2D eigenvalue weighted by molar-refractivity contribution is 0.102. The number of ether oxygens (including phenoxy) is 1. The molecule has 0 amide bonds. The van der Waals surface area contributed by atoms with Gasteiger partial charge in [0, 0.05) is 45.7 Å². The molecule has 0 aromatic heterocycles. The second-order valence-corrected chi connectivity index (χ2v) is 17.3. The zero-order chi connectivity index (χ0) is 49.3. The van der Waals surface area contributed by atoms with Crippen LogP contribution in [0, 0.1) is 13.8 Å². The standard InChI is InChI=1S/C61H50N2O3.2C2H6/c1-5-43-15-7-9-17-55(43)62(54-16-8-6-14-42(54)4)48-34-30-44(31-35-48)50-38-53(61(65)47-28-24-41(3)25-29-47)51(39-52(50)60(64)46-26-22-40(2)23-27-46)45-32-36-49(37-33-45)63-56-18-10-12-20-58(56)66-59-21-13-11-19-57(59)63;2*1-2/h5-12,14-20,22,24-26,28-39H,1,13,21,23,27H2,2-4H3;2*1-2H3. The maximum Gasteiger partial charge on any atom is 0.193 e. The Morgan fingerprint density at radius 2 is 1.24 bits per heavy atom. The molecule has 0 N–H and O–H groups in total. The average Bonchev–Trinajstić information content (AvgIpc) is 3.42. The largest absolute Gasteiger partial charge is 0.457 e. The summed E-state index contributed by atoms with van der Waals surface area (Å²) in [5, 5.41) is 0. The van der Waals surface area contributed by atoms with Crippen LogP contribution in [0.1, 0.15) is 103 Å². The summed E-state index contributed by atoms with van der Waals surface area (Å²) >= 11 is 0. The van der Waals surface area contributed by atoms with Gasteiger partial charge in [0.2, 0.25) is 0 Å². The first kappa shape index (κ1) is 48.4. The van der Waals surface area contributed by atoms with Gasteiger partial charge < -0.3 is 14.5 Å². The highest BCUT2D eigenvalue weighted by Crippen LogP contribution is 2.46. The molecule has 5 nitrogen and oxygen atoms in total. The lowest BCUT2D eigenvalue weighted by atomic mass is 9.83. The van der Waals surface area contributed by atoms with E-state index < -0.39 is 0 Å². The van der Waals surface area contributed by atoms with Gasteiger partial charge in [-0.3, -0.25) is 9.59 Å². The highest BCUT2D eigenvalue weighted by molar-refractivity contribution is 6.18. The van der Waals surface area contributed by atoms with E-state index in [1.165, 1.54) is 5.57 Å². The molecule has 0 bridgehead atoms. The number of Topliss-reactive ketones (excluding diaryl/α,β-unsaturated/α-hetero) is 1. The molecule has 70 heavy (non-hydrogen) atoms. The number of fused-ring (bicyclic) bond motifs is 1. The van der Waals surface area contributed by atoms with Crippen LogP contribution < -0.4 is 14.5 Å². The number of nitrogens with zero attached hydrogens (tertiary/aromatic N) is 2. The smallest absolute Gasteiger partial charge is 0.193 e. The predicted molar refractivity (Wildman–Crippen MR) is 294 cm³/mol. The van der Waals surface area contributed by atoms with Crippen LogP contribution in [0.4, 0.5) is 28.4 Å². The Hall–Kier alpha value is -8.02. The number of benzene rings is 7. The number of carbonyl (C=O) groups excluding carboxylic acids is 2. The molecular formula is C65H62N2O3. The first-order valence-corrected chi connectivity index (χ1v) is 24.7. The number of allylic oxidation sites excluding steroid dienone is 7. The number of hydrogen-bond donors (Lipinski definition) is 0. The number of aryl methyl sites for hydroxylation is 2. The second-order valence-electron chi connectivity index (χ2n) is 17.3. The van der Waals surface area contributed by atoms with Gasteiger partial charge in [0.1, 0.15) is 5.76 Å². The summed E-state index contributed by atoms with van der Waals surface area (Å²) in [5.74, 6) is 1.61. The molecule has 1 heterocycles. The van der Waals surface area contributed by atoms with E-state index in [4.69, 9.17) is 4.74 Å². The summed E-state index contributed by atoms with van der Waals surface area (Å²) in [4.78, 5) is 34.5. The number of rotatable bonds is 11. The summed E-state index contributed by atoms with van der Waals surface area (Å²) in [7, 11) is 0. The maximum atomic E-state index is 15.0. The molecule has 0 saturated carbocycles. The van der Waals surface area contributed by atoms with Crippen molar-refractivity contribution >= 4 is 46.1 Å². The van der Waals surface area contributed by atoms with Gasteiger partial charge in [0.15, 0.2) is 17.3 Å². The SMILES string of the molecule is C=Cc1ccccc1N(c1ccc(-c2cc(C(=O)c3ccc(C)cc3)c(-c3ccc(N4C5=C(CCC=C5)Oc5ccccc54)cc3)cc2C(=O)C2=CC=C(C)CC2)cc1)c1ccccc1C.CC.CC. The molecule has 2 aliphatic carbocycles. The zero-order valence-corrected chi connectivity index (χ0v) is 41.6. The van der Waals surface area contributed by atoms with Crippen molar-refractivity contribution in [1.82, 2.24) is 0 Å². The number of hydrogen-bond acceptors (Lipinski definition) is 5. The third-order valence-corrected chi connectivity index (χ3v) is 12.9. The minimum atomic E-state index is -0.114. The van der Waals surface area contributed by atoms with Crippen LogP contribution in [-0.4, -0.2) is 11.6 Å². The Kier molecular flexibility index (Phi) is 15.2. The monoisotopic (exact) mass is 918 g/mol. The highest BCUT2D eigenvalue weighted by atomic mass is 16.5. The van der Waals surface area contributed by atoms with Crippen LogP contribution in [0.15, 0.2) is 211 Å². The fraction of sp³-hybridized carbons (Fsp3) is 0.169. The molecule has 3 aliphatic rings.